The zero-order chi connectivity index (χ0) is 19.7. The maximum Gasteiger partial charge on any atom is 0.224 e. The molecule has 4 rings (SSSR count). The van der Waals surface area contributed by atoms with E-state index >= 15 is 0 Å². The third-order valence-corrected chi connectivity index (χ3v) is 6.53. The maximum atomic E-state index is 12.5. The first-order valence-electron chi connectivity index (χ1n) is 10.3. The van der Waals surface area contributed by atoms with E-state index in [0.717, 1.165) is 49.2 Å². The molecular formula is C20H30N6O2. The van der Waals surface area contributed by atoms with Gasteiger partial charge in [-0.25, -0.2) is 9.97 Å². The highest BCUT2D eigenvalue weighted by molar-refractivity contribution is 5.87. The van der Waals surface area contributed by atoms with Crippen LogP contribution in [0.3, 0.4) is 0 Å². The first kappa shape index (κ1) is 19.1. The molecule has 1 saturated carbocycles. The summed E-state index contributed by atoms with van der Waals surface area (Å²) < 4.78 is 2.06. The lowest BCUT2D eigenvalue weighted by molar-refractivity contribution is -0.125. The van der Waals surface area contributed by atoms with Crippen LogP contribution in [0.5, 0.6) is 0 Å². The van der Waals surface area contributed by atoms with E-state index in [4.69, 9.17) is 0 Å². The van der Waals surface area contributed by atoms with Crippen LogP contribution in [0.1, 0.15) is 32.2 Å². The summed E-state index contributed by atoms with van der Waals surface area (Å²) in [6, 6.07) is 1.94. The Labute approximate surface area is 165 Å². The van der Waals surface area contributed by atoms with Crippen molar-refractivity contribution in [1.29, 1.82) is 0 Å². The Morgan fingerprint density at radius 2 is 2.29 bits per heavy atom. The molecule has 0 spiro atoms. The van der Waals surface area contributed by atoms with Crippen LogP contribution in [-0.2, 0) is 4.79 Å². The molecule has 8 nitrogen and oxygen atoms in total. The Balaban J connectivity index is 1.45. The summed E-state index contributed by atoms with van der Waals surface area (Å²) in [6.45, 7) is 4.45. The zero-order valence-electron chi connectivity index (χ0n) is 16.6. The van der Waals surface area contributed by atoms with Crippen LogP contribution in [0.25, 0.3) is 11.0 Å². The largest absolute Gasteiger partial charge is 0.391 e. The van der Waals surface area contributed by atoms with Crippen LogP contribution in [0.2, 0.25) is 0 Å². The van der Waals surface area contributed by atoms with Crippen molar-refractivity contribution in [3.05, 3.63) is 18.6 Å². The third-order valence-electron chi connectivity index (χ3n) is 6.53. The second kappa shape index (κ2) is 8.05. The average molecular weight is 387 g/mol. The van der Waals surface area contributed by atoms with Gasteiger partial charge >= 0.3 is 0 Å². The molecule has 0 bridgehead atoms. The number of aromatic nitrogens is 3. The predicted octanol–water partition coefficient (Wildman–Crippen LogP) is 1.15. The minimum Gasteiger partial charge on any atom is -0.391 e. The lowest BCUT2D eigenvalue weighted by atomic mass is 9.95. The SMILES string of the molecule is CNc1ncnc2c1ccn2[C@@H]1C[C@H](CNC(=O)C2CCCNC2)[C@@H](C)[C@H]1O. The molecule has 1 amide bonds. The number of nitrogens with zero attached hydrogens (tertiary/aromatic N) is 3. The van der Waals surface area contributed by atoms with Gasteiger partial charge in [0.05, 0.1) is 23.4 Å². The smallest absolute Gasteiger partial charge is 0.224 e. The molecule has 1 aliphatic heterocycles. The van der Waals surface area contributed by atoms with Gasteiger partial charge in [-0.05, 0) is 43.7 Å². The Bertz CT molecular complexity index is 831. The molecule has 5 atom stereocenters. The van der Waals surface area contributed by atoms with Crippen molar-refractivity contribution >= 4 is 22.8 Å². The van der Waals surface area contributed by atoms with Gasteiger partial charge in [0.1, 0.15) is 17.8 Å². The van der Waals surface area contributed by atoms with Crippen molar-refractivity contribution in [1.82, 2.24) is 25.2 Å². The number of piperidine rings is 1. The van der Waals surface area contributed by atoms with E-state index in [2.05, 4.69) is 37.4 Å². The number of amides is 1. The van der Waals surface area contributed by atoms with E-state index in [9.17, 15) is 9.90 Å². The normalized spacial score (nSPS) is 30.5. The number of aliphatic hydroxyl groups excluding tert-OH is 1. The summed E-state index contributed by atoms with van der Waals surface area (Å²) in [7, 11) is 1.84. The molecular weight excluding hydrogens is 356 g/mol. The molecule has 2 aliphatic rings. The van der Waals surface area contributed by atoms with E-state index < -0.39 is 6.10 Å². The number of anilines is 1. The first-order chi connectivity index (χ1) is 13.6. The van der Waals surface area contributed by atoms with Crippen LogP contribution >= 0.6 is 0 Å². The van der Waals surface area contributed by atoms with Crippen molar-refractivity contribution in [2.24, 2.45) is 17.8 Å². The topological polar surface area (TPSA) is 104 Å². The van der Waals surface area contributed by atoms with Gasteiger partial charge in [-0.15, -0.1) is 0 Å². The fourth-order valence-electron chi connectivity index (χ4n) is 4.73. The lowest BCUT2D eigenvalue weighted by Gasteiger charge is -2.23. The van der Waals surface area contributed by atoms with Gasteiger partial charge in [-0.2, -0.15) is 0 Å². The van der Waals surface area contributed by atoms with Crippen LogP contribution in [0.4, 0.5) is 5.82 Å². The molecule has 3 heterocycles. The summed E-state index contributed by atoms with van der Waals surface area (Å²) in [5, 5.41) is 21.4. The maximum absolute atomic E-state index is 12.5. The van der Waals surface area contributed by atoms with E-state index in [0.29, 0.717) is 6.54 Å². The van der Waals surface area contributed by atoms with Gasteiger partial charge < -0.3 is 25.6 Å². The number of carbonyl (C=O) groups is 1. The van der Waals surface area contributed by atoms with Crippen LogP contribution in [0, 0.1) is 17.8 Å². The third kappa shape index (κ3) is 3.46. The molecule has 0 radical (unpaired) electrons. The minimum atomic E-state index is -0.471. The zero-order valence-corrected chi connectivity index (χ0v) is 16.6. The number of aliphatic hydroxyl groups is 1. The number of hydrogen-bond donors (Lipinski definition) is 4. The fourth-order valence-corrected chi connectivity index (χ4v) is 4.73. The highest BCUT2D eigenvalue weighted by atomic mass is 16.3. The predicted molar refractivity (Wildman–Crippen MR) is 108 cm³/mol. The summed E-state index contributed by atoms with van der Waals surface area (Å²) in [5.74, 6) is 1.34. The Morgan fingerprint density at radius 3 is 3.04 bits per heavy atom. The van der Waals surface area contributed by atoms with E-state index in [-0.39, 0.29) is 29.7 Å². The van der Waals surface area contributed by atoms with Crippen molar-refractivity contribution in [3.8, 4) is 0 Å². The number of fused-ring (bicyclic) bond motifs is 1. The standard InChI is InChI=1S/C20H30N6O2/c1-12-14(10-23-20(28)13-4-3-6-22-9-13)8-16(17(12)27)26-7-5-15-18(21-2)24-11-25-19(15)26/h5,7,11-14,16-17,22,27H,3-4,6,8-10H2,1-2H3,(H,23,28)(H,21,24,25)/t12-,13?,14-,16-,17-/m1/s1. The average Bonchev–Trinajstić information content (AvgIpc) is 3.28. The fraction of sp³-hybridized carbons (Fsp3) is 0.650. The Morgan fingerprint density at radius 1 is 1.43 bits per heavy atom. The molecule has 2 aromatic rings. The van der Waals surface area contributed by atoms with Crippen molar-refractivity contribution < 1.29 is 9.90 Å². The molecule has 1 unspecified atom stereocenters. The Hall–Kier alpha value is -2.19. The number of nitrogens with one attached hydrogen (secondary N) is 3. The van der Waals surface area contributed by atoms with Gasteiger partial charge in [0.25, 0.3) is 0 Å². The first-order valence-corrected chi connectivity index (χ1v) is 10.3. The van der Waals surface area contributed by atoms with E-state index in [1.807, 2.05) is 19.3 Å². The number of hydrogen-bond acceptors (Lipinski definition) is 6. The second-order valence-corrected chi connectivity index (χ2v) is 8.13. The molecule has 28 heavy (non-hydrogen) atoms. The molecule has 8 heteroatoms. The number of carbonyl (C=O) groups excluding carboxylic acids is 1. The lowest BCUT2D eigenvalue weighted by Crippen LogP contribution is -2.42. The van der Waals surface area contributed by atoms with Crippen LogP contribution in [-0.4, -0.2) is 58.3 Å². The molecule has 4 N–H and O–H groups in total. The molecule has 0 aromatic carbocycles. The highest BCUT2D eigenvalue weighted by Gasteiger charge is 2.41. The van der Waals surface area contributed by atoms with Gasteiger partial charge in [0.15, 0.2) is 0 Å². The highest BCUT2D eigenvalue weighted by Crippen LogP contribution is 2.41. The van der Waals surface area contributed by atoms with E-state index in [1.54, 1.807) is 6.33 Å². The van der Waals surface area contributed by atoms with Gasteiger partial charge in [0, 0.05) is 26.3 Å². The molecule has 1 aliphatic carbocycles. The van der Waals surface area contributed by atoms with Crippen LogP contribution in [0.15, 0.2) is 18.6 Å². The van der Waals surface area contributed by atoms with Gasteiger partial charge in [-0.3, -0.25) is 4.79 Å². The van der Waals surface area contributed by atoms with Crippen molar-refractivity contribution in [2.75, 3.05) is 32.0 Å². The van der Waals surface area contributed by atoms with Crippen LogP contribution < -0.4 is 16.0 Å². The molecule has 2 aromatic heterocycles. The molecule has 2 fully saturated rings. The van der Waals surface area contributed by atoms with Gasteiger partial charge in [-0.1, -0.05) is 6.92 Å². The summed E-state index contributed by atoms with van der Waals surface area (Å²) in [5.41, 5.74) is 0.827. The molecule has 1 saturated heterocycles. The second-order valence-electron chi connectivity index (χ2n) is 8.13. The Kier molecular flexibility index (Phi) is 5.50. The van der Waals surface area contributed by atoms with Crippen molar-refractivity contribution in [2.45, 2.75) is 38.3 Å². The summed E-state index contributed by atoms with van der Waals surface area (Å²) in [4.78, 5) is 21.2. The van der Waals surface area contributed by atoms with E-state index in [1.165, 1.54) is 0 Å². The summed E-state index contributed by atoms with van der Waals surface area (Å²) >= 11 is 0. The summed E-state index contributed by atoms with van der Waals surface area (Å²) in [6.07, 6.45) is 5.87. The quantitative estimate of drug-likeness (QED) is 0.615. The molecule has 152 valence electrons. The minimum absolute atomic E-state index is 0.0506. The van der Waals surface area contributed by atoms with Crippen molar-refractivity contribution in [3.63, 3.8) is 0 Å². The monoisotopic (exact) mass is 386 g/mol. The van der Waals surface area contributed by atoms with Gasteiger partial charge in [0.2, 0.25) is 5.91 Å². The number of rotatable bonds is 5.